The lowest BCUT2D eigenvalue weighted by Crippen LogP contribution is -2.39. The predicted octanol–water partition coefficient (Wildman–Crippen LogP) is 3.50. The fourth-order valence-electron chi connectivity index (χ4n) is 1.90. The van der Waals surface area contributed by atoms with Crippen LogP contribution in [-0.4, -0.2) is 36.0 Å². The summed E-state index contributed by atoms with van der Waals surface area (Å²) in [6.07, 6.45) is -2.76. The molecule has 2 rings (SSSR count). The number of benzene rings is 1. The van der Waals surface area contributed by atoms with Crippen molar-refractivity contribution in [1.29, 1.82) is 0 Å². The zero-order valence-corrected chi connectivity index (χ0v) is 12.2. The highest BCUT2D eigenvalue weighted by Gasteiger charge is 2.38. The van der Waals surface area contributed by atoms with E-state index in [0.29, 0.717) is 5.56 Å². The summed E-state index contributed by atoms with van der Waals surface area (Å²) in [6, 6.07) is 6.78. The molecule has 0 unspecified atom stereocenters. The van der Waals surface area contributed by atoms with Gasteiger partial charge in [0, 0.05) is 15.2 Å². The molecule has 1 fully saturated rings. The van der Waals surface area contributed by atoms with E-state index in [1.54, 1.807) is 24.3 Å². The standard InChI is InChI=1S/C13H13F3INO/c14-13(15,16)8-18(11-5-6-11)7-12(19)9-1-3-10(17)4-2-9/h1-4,11H,5-8H2. The van der Waals surface area contributed by atoms with E-state index < -0.39 is 12.7 Å². The minimum atomic E-state index is -4.26. The molecule has 0 bridgehead atoms. The first-order valence-electron chi connectivity index (χ1n) is 5.95. The summed E-state index contributed by atoms with van der Waals surface area (Å²) < 4.78 is 38.3. The van der Waals surface area contributed by atoms with Gasteiger partial charge in [-0.1, -0.05) is 12.1 Å². The average molecular weight is 383 g/mol. The third-order valence-electron chi connectivity index (χ3n) is 2.96. The number of halogens is 4. The van der Waals surface area contributed by atoms with Crippen LogP contribution in [0, 0.1) is 3.57 Å². The average Bonchev–Trinajstić information content (AvgIpc) is 3.10. The van der Waals surface area contributed by atoms with E-state index in [-0.39, 0.29) is 18.4 Å². The maximum absolute atomic E-state index is 12.4. The second-order valence-corrected chi connectivity index (χ2v) is 5.93. The highest BCUT2D eigenvalue weighted by atomic mass is 127. The molecule has 1 aromatic carbocycles. The van der Waals surface area contributed by atoms with E-state index in [1.807, 2.05) is 0 Å². The van der Waals surface area contributed by atoms with Gasteiger partial charge >= 0.3 is 6.18 Å². The quantitative estimate of drug-likeness (QED) is 0.573. The second kappa shape index (κ2) is 5.78. The molecular formula is C13H13F3INO. The smallest absolute Gasteiger partial charge is 0.293 e. The van der Waals surface area contributed by atoms with Crippen LogP contribution in [0.5, 0.6) is 0 Å². The molecule has 0 atom stereocenters. The van der Waals surface area contributed by atoms with E-state index >= 15 is 0 Å². The zero-order valence-electron chi connectivity index (χ0n) is 10.1. The number of Topliss-reactive ketones (excluding diaryl/α,β-unsaturated/α-hetero) is 1. The Morgan fingerprint density at radius 2 is 1.84 bits per heavy atom. The van der Waals surface area contributed by atoms with Crippen molar-refractivity contribution < 1.29 is 18.0 Å². The van der Waals surface area contributed by atoms with Gasteiger partial charge in [0.05, 0.1) is 13.1 Å². The number of alkyl halides is 3. The first kappa shape index (κ1) is 14.8. The lowest BCUT2D eigenvalue weighted by Gasteiger charge is -2.22. The molecule has 0 amide bonds. The lowest BCUT2D eigenvalue weighted by molar-refractivity contribution is -0.145. The molecule has 0 heterocycles. The first-order valence-corrected chi connectivity index (χ1v) is 7.02. The molecule has 1 aromatic rings. The Kier molecular flexibility index (Phi) is 4.50. The van der Waals surface area contributed by atoms with Gasteiger partial charge in [0.1, 0.15) is 0 Å². The van der Waals surface area contributed by atoms with Crippen molar-refractivity contribution in [3.63, 3.8) is 0 Å². The summed E-state index contributed by atoms with van der Waals surface area (Å²) in [6.45, 7) is -1.17. The Balaban J connectivity index is 2.00. The van der Waals surface area contributed by atoms with Crippen molar-refractivity contribution in [1.82, 2.24) is 4.90 Å². The van der Waals surface area contributed by atoms with E-state index in [9.17, 15) is 18.0 Å². The largest absolute Gasteiger partial charge is 0.401 e. The van der Waals surface area contributed by atoms with Crippen molar-refractivity contribution >= 4 is 28.4 Å². The van der Waals surface area contributed by atoms with Gasteiger partial charge in [-0.25, -0.2) is 0 Å². The molecule has 104 valence electrons. The van der Waals surface area contributed by atoms with Crippen LogP contribution < -0.4 is 0 Å². The number of carbonyl (C=O) groups excluding carboxylic acids is 1. The number of carbonyl (C=O) groups is 1. The Hall–Kier alpha value is -0.630. The number of hydrogen-bond acceptors (Lipinski definition) is 2. The number of ketones is 1. The highest BCUT2D eigenvalue weighted by Crippen LogP contribution is 2.30. The molecule has 2 nitrogen and oxygen atoms in total. The molecule has 19 heavy (non-hydrogen) atoms. The topological polar surface area (TPSA) is 20.3 Å². The SMILES string of the molecule is O=C(CN(CC(F)(F)F)C1CC1)c1ccc(I)cc1. The molecule has 0 spiro atoms. The number of hydrogen-bond donors (Lipinski definition) is 0. The van der Waals surface area contributed by atoms with E-state index in [1.165, 1.54) is 4.90 Å². The molecule has 1 aliphatic rings. The van der Waals surface area contributed by atoms with E-state index in [2.05, 4.69) is 22.6 Å². The van der Waals surface area contributed by atoms with Gasteiger partial charge in [0.15, 0.2) is 5.78 Å². The number of nitrogens with zero attached hydrogens (tertiary/aromatic N) is 1. The van der Waals surface area contributed by atoms with Crippen LogP contribution in [0.25, 0.3) is 0 Å². The molecular weight excluding hydrogens is 370 g/mol. The summed E-state index contributed by atoms with van der Waals surface area (Å²) in [7, 11) is 0. The summed E-state index contributed by atoms with van der Waals surface area (Å²) in [5, 5.41) is 0. The fourth-order valence-corrected chi connectivity index (χ4v) is 2.26. The Morgan fingerprint density at radius 3 is 2.32 bits per heavy atom. The van der Waals surface area contributed by atoms with E-state index in [4.69, 9.17) is 0 Å². The summed E-state index contributed by atoms with van der Waals surface area (Å²) in [5.41, 5.74) is 0.466. The molecule has 1 aliphatic carbocycles. The third kappa shape index (κ3) is 4.76. The number of rotatable bonds is 5. The normalized spacial score (nSPS) is 15.8. The van der Waals surface area contributed by atoms with Gasteiger partial charge in [-0.2, -0.15) is 13.2 Å². The fraction of sp³-hybridized carbons (Fsp3) is 0.462. The Morgan fingerprint density at radius 1 is 1.26 bits per heavy atom. The highest BCUT2D eigenvalue weighted by molar-refractivity contribution is 14.1. The molecule has 0 aliphatic heterocycles. The zero-order chi connectivity index (χ0) is 14.0. The van der Waals surface area contributed by atoms with Crippen molar-refractivity contribution in [3.05, 3.63) is 33.4 Å². The van der Waals surface area contributed by atoms with Gasteiger partial charge in [-0.15, -0.1) is 0 Å². The Labute approximate surface area is 123 Å². The maximum Gasteiger partial charge on any atom is 0.401 e. The molecule has 0 N–H and O–H groups in total. The van der Waals surface area contributed by atoms with Crippen LogP contribution in [0.3, 0.4) is 0 Å². The molecule has 6 heteroatoms. The van der Waals surface area contributed by atoms with Crippen molar-refractivity contribution in [2.45, 2.75) is 25.1 Å². The molecule has 0 radical (unpaired) electrons. The second-order valence-electron chi connectivity index (χ2n) is 4.68. The summed E-state index contributed by atoms with van der Waals surface area (Å²) in [5.74, 6) is -0.257. The first-order chi connectivity index (χ1) is 8.85. The van der Waals surface area contributed by atoms with Crippen LogP contribution in [0.15, 0.2) is 24.3 Å². The minimum absolute atomic E-state index is 0.0885. The van der Waals surface area contributed by atoms with Crippen molar-refractivity contribution in [3.8, 4) is 0 Å². The third-order valence-corrected chi connectivity index (χ3v) is 3.68. The van der Waals surface area contributed by atoms with Crippen molar-refractivity contribution in [2.24, 2.45) is 0 Å². The summed E-state index contributed by atoms with van der Waals surface area (Å²) >= 11 is 2.11. The van der Waals surface area contributed by atoms with Crippen LogP contribution in [-0.2, 0) is 0 Å². The molecule has 0 saturated heterocycles. The van der Waals surface area contributed by atoms with Gasteiger partial charge in [-0.05, 0) is 47.6 Å². The molecule has 1 saturated carbocycles. The van der Waals surface area contributed by atoms with Gasteiger partial charge < -0.3 is 0 Å². The van der Waals surface area contributed by atoms with Crippen LogP contribution in [0.1, 0.15) is 23.2 Å². The van der Waals surface area contributed by atoms with Gasteiger partial charge in [0.2, 0.25) is 0 Å². The Bertz CT molecular complexity index is 454. The minimum Gasteiger partial charge on any atom is -0.293 e. The van der Waals surface area contributed by atoms with Crippen LogP contribution in [0.2, 0.25) is 0 Å². The van der Waals surface area contributed by atoms with Crippen LogP contribution in [0.4, 0.5) is 13.2 Å². The van der Waals surface area contributed by atoms with Crippen LogP contribution >= 0.6 is 22.6 Å². The molecule has 0 aromatic heterocycles. The summed E-state index contributed by atoms with van der Waals surface area (Å²) in [4.78, 5) is 13.2. The van der Waals surface area contributed by atoms with Crippen molar-refractivity contribution in [2.75, 3.05) is 13.1 Å². The van der Waals surface area contributed by atoms with Gasteiger partial charge in [0.25, 0.3) is 0 Å². The monoisotopic (exact) mass is 383 g/mol. The van der Waals surface area contributed by atoms with E-state index in [0.717, 1.165) is 16.4 Å². The maximum atomic E-state index is 12.4. The lowest BCUT2D eigenvalue weighted by atomic mass is 10.1. The van der Waals surface area contributed by atoms with Gasteiger partial charge in [-0.3, -0.25) is 9.69 Å². The predicted molar refractivity (Wildman–Crippen MR) is 74.1 cm³/mol.